The summed E-state index contributed by atoms with van der Waals surface area (Å²) in [5.74, 6) is -0.455. The average Bonchev–Trinajstić information content (AvgIpc) is 3.11. The van der Waals surface area contributed by atoms with E-state index in [0.717, 1.165) is 25.0 Å². The summed E-state index contributed by atoms with van der Waals surface area (Å²) in [6.07, 6.45) is 5.78. The van der Waals surface area contributed by atoms with E-state index in [1.54, 1.807) is 24.5 Å². The molecule has 0 bridgehead atoms. The lowest BCUT2D eigenvalue weighted by molar-refractivity contribution is -0.117. The molecule has 3 rings (SSSR count). The molecular formula is C19H22FN3O2. The minimum atomic E-state index is -0.324. The van der Waals surface area contributed by atoms with Gasteiger partial charge < -0.3 is 10.1 Å². The lowest BCUT2D eigenvalue weighted by Gasteiger charge is -2.24. The van der Waals surface area contributed by atoms with Gasteiger partial charge in [0.05, 0.1) is 12.6 Å². The number of halogens is 1. The molecular weight excluding hydrogens is 321 g/mol. The Balaban J connectivity index is 1.61. The Morgan fingerprint density at radius 1 is 1.32 bits per heavy atom. The minimum absolute atomic E-state index is 0.131. The first kappa shape index (κ1) is 17.5. The minimum Gasteiger partial charge on any atom is -0.377 e. The molecule has 1 N–H and O–H groups in total. The van der Waals surface area contributed by atoms with Gasteiger partial charge in [-0.3, -0.25) is 14.7 Å². The molecule has 25 heavy (non-hydrogen) atoms. The van der Waals surface area contributed by atoms with E-state index in [2.05, 4.69) is 15.2 Å². The Kier molecular flexibility index (Phi) is 6.09. The number of pyridine rings is 1. The van der Waals surface area contributed by atoms with Crippen molar-refractivity contribution in [1.29, 1.82) is 0 Å². The van der Waals surface area contributed by atoms with Crippen molar-refractivity contribution in [3.05, 3.63) is 60.2 Å². The lowest BCUT2D eigenvalue weighted by Crippen LogP contribution is -2.38. The first-order valence-corrected chi connectivity index (χ1v) is 8.47. The number of rotatable bonds is 7. The number of hydrogen-bond acceptors (Lipinski definition) is 4. The fraction of sp³-hybridized carbons (Fsp3) is 0.368. The Bertz CT molecular complexity index is 673. The Morgan fingerprint density at radius 2 is 2.16 bits per heavy atom. The summed E-state index contributed by atoms with van der Waals surface area (Å²) in [6, 6.07) is 9.65. The van der Waals surface area contributed by atoms with Gasteiger partial charge in [-0.15, -0.1) is 0 Å². The number of aromatic nitrogens is 1. The van der Waals surface area contributed by atoms with Crippen molar-refractivity contribution < 1.29 is 13.9 Å². The lowest BCUT2D eigenvalue weighted by atomic mass is 10.2. The van der Waals surface area contributed by atoms with Gasteiger partial charge in [-0.2, -0.15) is 0 Å². The summed E-state index contributed by atoms with van der Waals surface area (Å²) in [6.45, 7) is 2.36. The van der Waals surface area contributed by atoms with Gasteiger partial charge in [0.1, 0.15) is 5.82 Å². The van der Waals surface area contributed by atoms with E-state index in [-0.39, 0.29) is 24.4 Å². The first-order valence-electron chi connectivity index (χ1n) is 8.47. The molecule has 1 fully saturated rings. The second kappa shape index (κ2) is 8.69. The zero-order chi connectivity index (χ0) is 17.5. The van der Waals surface area contributed by atoms with Crippen LogP contribution in [-0.4, -0.2) is 41.6 Å². The third-order valence-corrected chi connectivity index (χ3v) is 4.11. The van der Waals surface area contributed by atoms with E-state index in [1.165, 1.54) is 12.1 Å². The van der Waals surface area contributed by atoms with Crippen molar-refractivity contribution in [3.63, 3.8) is 0 Å². The van der Waals surface area contributed by atoms with Crippen LogP contribution in [0.4, 0.5) is 10.1 Å². The average molecular weight is 343 g/mol. The SMILES string of the molecule is O=C(CN(Cc1cccnc1)C[C@H]1CCCO1)Nc1ccc(F)cc1. The maximum atomic E-state index is 13.0. The van der Waals surface area contributed by atoms with Crippen LogP contribution < -0.4 is 5.32 Å². The van der Waals surface area contributed by atoms with Crippen LogP contribution in [0.3, 0.4) is 0 Å². The van der Waals surface area contributed by atoms with Crippen LogP contribution in [0.15, 0.2) is 48.8 Å². The van der Waals surface area contributed by atoms with Crippen LogP contribution in [-0.2, 0) is 16.1 Å². The van der Waals surface area contributed by atoms with Crippen LogP contribution >= 0.6 is 0 Å². The van der Waals surface area contributed by atoms with Gasteiger partial charge in [0.15, 0.2) is 0 Å². The topological polar surface area (TPSA) is 54.5 Å². The quantitative estimate of drug-likeness (QED) is 0.840. The highest BCUT2D eigenvalue weighted by molar-refractivity contribution is 5.92. The predicted molar refractivity (Wildman–Crippen MR) is 93.5 cm³/mol. The number of nitrogens with zero attached hydrogens (tertiary/aromatic N) is 2. The molecule has 1 aromatic carbocycles. The molecule has 0 spiro atoms. The van der Waals surface area contributed by atoms with Gasteiger partial charge in [0.2, 0.25) is 5.91 Å². The summed E-state index contributed by atoms with van der Waals surface area (Å²) >= 11 is 0. The molecule has 6 heteroatoms. The molecule has 0 unspecified atom stereocenters. The number of nitrogens with one attached hydrogen (secondary N) is 1. The molecule has 5 nitrogen and oxygen atoms in total. The number of hydrogen-bond donors (Lipinski definition) is 1. The number of ether oxygens (including phenoxy) is 1. The Labute approximate surface area is 146 Å². The maximum Gasteiger partial charge on any atom is 0.238 e. The van der Waals surface area contributed by atoms with Crippen LogP contribution in [0.2, 0.25) is 0 Å². The fourth-order valence-electron chi connectivity index (χ4n) is 2.95. The van der Waals surface area contributed by atoms with E-state index >= 15 is 0 Å². The standard InChI is InChI=1S/C19H22FN3O2/c20-16-5-7-17(8-6-16)22-19(24)14-23(13-18-4-2-10-25-18)12-15-3-1-9-21-11-15/h1,3,5-9,11,18H,2,4,10,12-14H2,(H,22,24)/t18-/m1/s1. The zero-order valence-corrected chi connectivity index (χ0v) is 14.0. The molecule has 0 saturated carbocycles. The maximum absolute atomic E-state index is 13.0. The highest BCUT2D eigenvalue weighted by Crippen LogP contribution is 2.15. The van der Waals surface area contributed by atoms with Gasteiger partial charge in [-0.25, -0.2) is 4.39 Å². The number of carbonyl (C=O) groups excluding carboxylic acids is 1. The third kappa shape index (κ3) is 5.62. The molecule has 132 valence electrons. The van der Waals surface area contributed by atoms with Crippen LogP contribution in [0, 0.1) is 5.82 Å². The first-order chi connectivity index (χ1) is 12.2. The normalized spacial score (nSPS) is 17.0. The predicted octanol–water partition coefficient (Wildman–Crippen LogP) is 2.84. The van der Waals surface area contributed by atoms with Crippen molar-refractivity contribution in [1.82, 2.24) is 9.88 Å². The Morgan fingerprint density at radius 3 is 2.84 bits per heavy atom. The van der Waals surface area contributed by atoms with Gasteiger partial charge in [-0.05, 0) is 48.7 Å². The largest absolute Gasteiger partial charge is 0.377 e. The third-order valence-electron chi connectivity index (χ3n) is 4.11. The van der Waals surface area contributed by atoms with Gasteiger partial charge in [0.25, 0.3) is 0 Å². The zero-order valence-electron chi connectivity index (χ0n) is 14.0. The van der Waals surface area contributed by atoms with Crippen LogP contribution in [0.1, 0.15) is 18.4 Å². The number of amides is 1. The van der Waals surface area contributed by atoms with E-state index in [0.29, 0.717) is 18.8 Å². The number of carbonyl (C=O) groups is 1. The molecule has 0 radical (unpaired) electrons. The van der Waals surface area contributed by atoms with Gasteiger partial charge in [0, 0.05) is 37.8 Å². The van der Waals surface area contributed by atoms with Crippen molar-refractivity contribution >= 4 is 11.6 Å². The summed E-state index contributed by atoms with van der Waals surface area (Å²) in [7, 11) is 0. The second-order valence-corrected chi connectivity index (χ2v) is 6.22. The summed E-state index contributed by atoms with van der Waals surface area (Å²) in [5.41, 5.74) is 1.64. The number of benzene rings is 1. The number of anilines is 1. The van der Waals surface area contributed by atoms with Gasteiger partial charge in [-0.1, -0.05) is 6.07 Å². The molecule has 1 amide bonds. The monoisotopic (exact) mass is 343 g/mol. The molecule has 2 aromatic rings. The highest BCUT2D eigenvalue weighted by Gasteiger charge is 2.21. The molecule has 1 saturated heterocycles. The van der Waals surface area contributed by atoms with Crippen molar-refractivity contribution in [2.75, 3.05) is 25.0 Å². The molecule has 2 heterocycles. The van der Waals surface area contributed by atoms with Crippen molar-refractivity contribution in [2.45, 2.75) is 25.5 Å². The fourth-order valence-corrected chi connectivity index (χ4v) is 2.95. The smallest absolute Gasteiger partial charge is 0.238 e. The Hall–Kier alpha value is -2.31. The molecule has 0 aliphatic carbocycles. The van der Waals surface area contributed by atoms with Crippen LogP contribution in [0.25, 0.3) is 0 Å². The molecule has 1 atom stereocenters. The molecule has 1 aliphatic rings. The van der Waals surface area contributed by atoms with E-state index in [4.69, 9.17) is 4.74 Å². The van der Waals surface area contributed by atoms with Crippen LogP contribution in [0.5, 0.6) is 0 Å². The van der Waals surface area contributed by atoms with E-state index < -0.39 is 0 Å². The van der Waals surface area contributed by atoms with E-state index in [9.17, 15) is 9.18 Å². The van der Waals surface area contributed by atoms with Crippen molar-refractivity contribution in [2.24, 2.45) is 0 Å². The summed E-state index contributed by atoms with van der Waals surface area (Å²) in [5, 5.41) is 2.81. The summed E-state index contributed by atoms with van der Waals surface area (Å²) in [4.78, 5) is 18.6. The van der Waals surface area contributed by atoms with Crippen molar-refractivity contribution in [3.8, 4) is 0 Å². The van der Waals surface area contributed by atoms with Gasteiger partial charge >= 0.3 is 0 Å². The summed E-state index contributed by atoms with van der Waals surface area (Å²) < 4.78 is 18.7. The molecule has 1 aliphatic heterocycles. The second-order valence-electron chi connectivity index (χ2n) is 6.22. The molecule has 1 aromatic heterocycles. The highest BCUT2D eigenvalue weighted by atomic mass is 19.1. The van der Waals surface area contributed by atoms with E-state index in [1.807, 2.05) is 12.1 Å².